The lowest BCUT2D eigenvalue weighted by atomic mass is 10.1. The molecular formula is C13H17NO3. The third-order valence-corrected chi connectivity index (χ3v) is 3.10. The first-order valence-corrected chi connectivity index (χ1v) is 5.71. The second-order valence-electron chi connectivity index (χ2n) is 4.48. The molecule has 1 aromatic carbocycles. The number of carbonyl (C=O) groups excluding carboxylic acids is 1. The maximum absolute atomic E-state index is 12.1. The summed E-state index contributed by atoms with van der Waals surface area (Å²) in [6, 6.07) is 7.35. The normalized spacial score (nSPS) is 16.6. The number of methoxy groups -OCH3 is 1. The maximum Gasteiger partial charge on any atom is 0.252 e. The van der Waals surface area contributed by atoms with Gasteiger partial charge in [0.2, 0.25) is 0 Å². The van der Waals surface area contributed by atoms with Gasteiger partial charge in [-0.05, 0) is 24.5 Å². The highest BCUT2D eigenvalue weighted by Crippen LogP contribution is 2.34. The Morgan fingerprint density at radius 1 is 1.47 bits per heavy atom. The van der Waals surface area contributed by atoms with E-state index in [1.165, 1.54) is 0 Å². The quantitative estimate of drug-likeness (QED) is 0.803. The van der Waals surface area contributed by atoms with Gasteiger partial charge in [-0.2, -0.15) is 0 Å². The zero-order valence-electron chi connectivity index (χ0n) is 9.90. The SMILES string of the molecule is COCc1ccccc1C(=O)NC1(CO)CC1. The molecular weight excluding hydrogens is 218 g/mol. The molecule has 4 nitrogen and oxygen atoms in total. The molecule has 1 aliphatic carbocycles. The van der Waals surface area contributed by atoms with E-state index in [1.807, 2.05) is 18.2 Å². The highest BCUT2D eigenvalue weighted by molar-refractivity contribution is 5.96. The van der Waals surface area contributed by atoms with Crippen LogP contribution in [0.25, 0.3) is 0 Å². The fraction of sp³-hybridized carbons (Fsp3) is 0.462. The van der Waals surface area contributed by atoms with E-state index in [2.05, 4.69) is 5.32 Å². The zero-order valence-corrected chi connectivity index (χ0v) is 9.90. The third-order valence-electron chi connectivity index (χ3n) is 3.10. The first kappa shape index (κ1) is 12.1. The Bertz CT molecular complexity index is 413. The predicted molar refractivity (Wildman–Crippen MR) is 63.7 cm³/mol. The molecule has 4 heteroatoms. The molecule has 0 heterocycles. The zero-order chi connectivity index (χ0) is 12.3. The summed E-state index contributed by atoms with van der Waals surface area (Å²) in [5, 5.41) is 12.1. The van der Waals surface area contributed by atoms with Crippen molar-refractivity contribution in [2.75, 3.05) is 13.7 Å². The number of aliphatic hydroxyl groups excluding tert-OH is 1. The van der Waals surface area contributed by atoms with Crippen LogP contribution in [0.4, 0.5) is 0 Å². The Morgan fingerprint density at radius 2 is 2.18 bits per heavy atom. The number of aliphatic hydroxyl groups is 1. The third kappa shape index (κ3) is 2.65. The van der Waals surface area contributed by atoms with Crippen LogP contribution in [0.3, 0.4) is 0 Å². The minimum absolute atomic E-state index is 0.00514. The van der Waals surface area contributed by atoms with Crippen molar-refractivity contribution in [1.82, 2.24) is 5.32 Å². The van der Waals surface area contributed by atoms with E-state index >= 15 is 0 Å². The highest BCUT2D eigenvalue weighted by Gasteiger charge is 2.43. The second kappa shape index (κ2) is 4.85. The van der Waals surface area contributed by atoms with Crippen LogP contribution in [0.15, 0.2) is 24.3 Å². The van der Waals surface area contributed by atoms with Crippen LogP contribution in [0, 0.1) is 0 Å². The number of benzene rings is 1. The summed E-state index contributed by atoms with van der Waals surface area (Å²) >= 11 is 0. The van der Waals surface area contributed by atoms with E-state index in [1.54, 1.807) is 13.2 Å². The van der Waals surface area contributed by atoms with Gasteiger partial charge in [0.25, 0.3) is 5.91 Å². The van der Waals surface area contributed by atoms with Crippen LogP contribution in [0.5, 0.6) is 0 Å². The van der Waals surface area contributed by atoms with Crippen molar-refractivity contribution in [3.63, 3.8) is 0 Å². The van der Waals surface area contributed by atoms with Crippen molar-refractivity contribution in [2.45, 2.75) is 25.0 Å². The summed E-state index contributed by atoms with van der Waals surface area (Å²) in [4.78, 5) is 12.1. The Balaban J connectivity index is 2.13. The van der Waals surface area contributed by atoms with Gasteiger partial charge < -0.3 is 15.2 Å². The Hall–Kier alpha value is -1.39. The van der Waals surface area contributed by atoms with Crippen molar-refractivity contribution in [3.05, 3.63) is 35.4 Å². The van der Waals surface area contributed by atoms with Crippen molar-refractivity contribution in [2.24, 2.45) is 0 Å². The van der Waals surface area contributed by atoms with Crippen molar-refractivity contribution >= 4 is 5.91 Å². The number of rotatable bonds is 5. The largest absolute Gasteiger partial charge is 0.394 e. The van der Waals surface area contributed by atoms with Crippen molar-refractivity contribution < 1.29 is 14.6 Å². The van der Waals surface area contributed by atoms with Crippen LogP contribution in [0.1, 0.15) is 28.8 Å². The molecule has 0 saturated heterocycles. The van der Waals surface area contributed by atoms with Crippen molar-refractivity contribution in [3.8, 4) is 0 Å². The van der Waals surface area contributed by atoms with Crippen molar-refractivity contribution in [1.29, 1.82) is 0 Å². The predicted octanol–water partition coefficient (Wildman–Crippen LogP) is 1.09. The number of carbonyl (C=O) groups is 1. The Labute approximate surface area is 101 Å². The number of nitrogens with one attached hydrogen (secondary N) is 1. The van der Waals surface area contributed by atoms with Gasteiger partial charge in [-0.1, -0.05) is 18.2 Å². The fourth-order valence-corrected chi connectivity index (χ4v) is 1.80. The topological polar surface area (TPSA) is 58.6 Å². The smallest absolute Gasteiger partial charge is 0.252 e. The van der Waals surface area contributed by atoms with Gasteiger partial charge >= 0.3 is 0 Å². The molecule has 1 aromatic rings. The molecule has 92 valence electrons. The summed E-state index contributed by atoms with van der Waals surface area (Å²) in [5.41, 5.74) is 1.10. The molecule has 17 heavy (non-hydrogen) atoms. The Kier molecular flexibility index (Phi) is 3.45. The van der Waals surface area contributed by atoms with Crippen LogP contribution < -0.4 is 5.32 Å². The first-order chi connectivity index (χ1) is 8.21. The first-order valence-electron chi connectivity index (χ1n) is 5.71. The average Bonchev–Trinajstić information content (AvgIpc) is 3.10. The van der Waals surface area contributed by atoms with E-state index in [0.717, 1.165) is 18.4 Å². The maximum atomic E-state index is 12.1. The van der Waals surface area contributed by atoms with Gasteiger partial charge in [-0.15, -0.1) is 0 Å². The molecule has 2 N–H and O–H groups in total. The monoisotopic (exact) mass is 235 g/mol. The number of amides is 1. The molecule has 1 fully saturated rings. The molecule has 1 saturated carbocycles. The Morgan fingerprint density at radius 3 is 2.76 bits per heavy atom. The van der Waals surface area contributed by atoms with E-state index in [0.29, 0.717) is 12.2 Å². The summed E-state index contributed by atoms with van der Waals surface area (Å²) in [6.45, 7) is 0.418. The van der Waals surface area contributed by atoms with E-state index in [4.69, 9.17) is 4.74 Å². The molecule has 2 rings (SSSR count). The number of hydrogen-bond acceptors (Lipinski definition) is 3. The highest BCUT2D eigenvalue weighted by atomic mass is 16.5. The van der Waals surface area contributed by atoms with E-state index < -0.39 is 0 Å². The van der Waals surface area contributed by atoms with Gasteiger partial charge in [0.05, 0.1) is 18.8 Å². The second-order valence-corrected chi connectivity index (χ2v) is 4.48. The van der Waals surface area contributed by atoms with Gasteiger partial charge in [0, 0.05) is 12.7 Å². The molecule has 0 atom stereocenters. The molecule has 0 radical (unpaired) electrons. The van der Waals surface area contributed by atoms with E-state index in [-0.39, 0.29) is 18.1 Å². The van der Waals surface area contributed by atoms with Gasteiger partial charge in [0.15, 0.2) is 0 Å². The minimum atomic E-state index is -0.378. The summed E-state index contributed by atoms with van der Waals surface area (Å²) in [7, 11) is 1.60. The molecule has 0 unspecified atom stereocenters. The molecule has 0 aromatic heterocycles. The standard InChI is InChI=1S/C13H17NO3/c1-17-8-10-4-2-3-5-11(10)12(16)14-13(9-15)6-7-13/h2-5,15H,6-9H2,1H3,(H,14,16). The lowest BCUT2D eigenvalue weighted by Crippen LogP contribution is -2.39. The van der Waals surface area contributed by atoms with Gasteiger partial charge in [0.1, 0.15) is 0 Å². The number of ether oxygens (including phenoxy) is 1. The van der Waals surface area contributed by atoms with E-state index in [9.17, 15) is 9.90 Å². The summed E-state index contributed by atoms with van der Waals surface area (Å²) < 4.78 is 5.06. The lowest BCUT2D eigenvalue weighted by molar-refractivity contribution is 0.0902. The molecule has 1 amide bonds. The fourth-order valence-electron chi connectivity index (χ4n) is 1.80. The van der Waals surface area contributed by atoms with Gasteiger partial charge in [-0.25, -0.2) is 0 Å². The summed E-state index contributed by atoms with van der Waals surface area (Å²) in [6.07, 6.45) is 1.70. The van der Waals surface area contributed by atoms with Crippen LogP contribution in [-0.2, 0) is 11.3 Å². The molecule has 0 bridgehead atoms. The molecule has 0 aliphatic heterocycles. The van der Waals surface area contributed by atoms with Crippen LogP contribution in [-0.4, -0.2) is 30.3 Å². The van der Waals surface area contributed by atoms with Crippen LogP contribution in [0.2, 0.25) is 0 Å². The lowest BCUT2D eigenvalue weighted by Gasteiger charge is -2.15. The van der Waals surface area contributed by atoms with Crippen LogP contribution >= 0.6 is 0 Å². The molecule has 1 aliphatic rings. The molecule has 0 spiro atoms. The average molecular weight is 235 g/mol. The number of hydrogen-bond donors (Lipinski definition) is 2. The van der Waals surface area contributed by atoms with Gasteiger partial charge in [-0.3, -0.25) is 4.79 Å². The summed E-state index contributed by atoms with van der Waals surface area (Å²) in [5.74, 6) is -0.135. The minimum Gasteiger partial charge on any atom is -0.394 e.